The van der Waals surface area contributed by atoms with Crippen LogP contribution in [0.25, 0.3) is 22.9 Å². The zero-order valence-corrected chi connectivity index (χ0v) is 22.7. The molecule has 3 aromatic rings. The fraction of sp³-hybridized carbons (Fsp3) is 0.379. The second kappa shape index (κ2) is 12.2. The third-order valence-corrected chi connectivity index (χ3v) is 6.56. The van der Waals surface area contributed by atoms with E-state index in [9.17, 15) is 4.79 Å². The lowest BCUT2D eigenvalue weighted by Crippen LogP contribution is -2.42. The third-order valence-electron chi connectivity index (χ3n) is 6.36. The van der Waals surface area contributed by atoms with E-state index in [1.165, 1.54) is 22.0 Å². The monoisotopic (exact) mass is 492 g/mol. The summed E-state index contributed by atoms with van der Waals surface area (Å²) in [6.07, 6.45) is 8.66. The summed E-state index contributed by atoms with van der Waals surface area (Å²) in [6, 6.07) is 16.9. The van der Waals surface area contributed by atoms with Crippen LogP contribution < -0.4 is 14.8 Å². The van der Waals surface area contributed by atoms with E-state index in [1.54, 1.807) is 6.92 Å². The number of quaternary nitrogens is 1. The maximum atomic E-state index is 11.6. The van der Waals surface area contributed by atoms with Crippen molar-refractivity contribution in [3.63, 3.8) is 0 Å². The summed E-state index contributed by atoms with van der Waals surface area (Å²) in [4.78, 5) is 13.8. The number of aryl methyl sites for hydroxylation is 1. The number of pyridine rings is 1. The lowest BCUT2D eigenvalue weighted by molar-refractivity contribution is -0.888. The minimum atomic E-state index is -0.0628. The summed E-state index contributed by atoms with van der Waals surface area (Å²) in [7, 11) is 8.69. The first kappa shape index (κ1) is 26.8. The second-order valence-corrected chi connectivity index (χ2v) is 10.4. The van der Waals surface area contributed by atoms with Crippen molar-refractivity contribution in [1.29, 1.82) is 0 Å². The van der Waals surface area contributed by atoms with E-state index in [0.29, 0.717) is 0 Å². The molecule has 1 N–H and O–H groups in total. The van der Waals surface area contributed by atoms with Crippen LogP contribution in [-0.2, 0) is 11.3 Å². The van der Waals surface area contributed by atoms with Crippen LogP contribution in [0.1, 0.15) is 31.0 Å². The number of unbranched alkanes of at least 4 members (excludes halogenated alkanes) is 1. The number of aromatic nitrogens is 1. The van der Waals surface area contributed by atoms with E-state index in [-0.39, 0.29) is 5.91 Å². The number of rotatable bonds is 11. The first-order valence-corrected chi connectivity index (χ1v) is 12.9. The number of carbonyl (C=O) groups is 1. The highest BCUT2D eigenvalue weighted by molar-refractivity contribution is 7.80. The van der Waals surface area contributed by atoms with Gasteiger partial charge in [-0.1, -0.05) is 30.3 Å². The van der Waals surface area contributed by atoms with Crippen molar-refractivity contribution in [3.05, 3.63) is 66.0 Å². The Hall–Kier alpha value is -2.83. The minimum Gasteiger partial charge on any atom is -0.377 e. The fourth-order valence-corrected chi connectivity index (χ4v) is 4.94. The number of anilines is 2. The van der Waals surface area contributed by atoms with Crippen molar-refractivity contribution in [2.75, 3.05) is 57.2 Å². The molecule has 0 unspecified atom stereocenters. The highest BCUT2D eigenvalue weighted by Crippen LogP contribution is 2.29. The summed E-state index contributed by atoms with van der Waals surface area (Å²) in [5.74, 6) is 0.845. The van der Waals surface area contributed by atoms with Crippen LogP contribution in [0.4, 0.5) is 11.4 Å². The first-order valence-electron chi connectivity index (χ1n) is 12.3. The Balaban J connectivity index is 1.87. The maximum Gasteiger partial charge on any atom is 0.221 e. The molecule has 0 saturated heterocycles. The molecule has 0 spiro atoms. The minimum absolute atomic E-state index is 0.0628. The van der Waals surface area contributed by atoms with Crippen LogP contribution in [0.3, 0.4) is 0 Å². The van der Waals surface area contributed by atoms with Crippen LogP contribution >= 0.6 is 12.6 Å². The summed E-state index contributed by atoms with van der Waals surface area (Å²) < 4.78 is 3.27. The largest absolute Gasteiger partial charge is 0.377 e. The van der Waals surface area contributed by atoms with Gasteiger partial charge in [0.1, 0.15) is 6.54 Å². The van der Waals surface area contributed by atoms with Crippen molar-refractivity contribution in [3.8, 4) is 0 Å². The van der Waals surface area contributed by atoms with E-state index in [1.807, 2.05) is 6.07 Å². The number of thiol groups is 1. The van der Waals surface area contributed by atoms with Gasteiger partial charge in [-0.3, -0.25) is 4.79 Å². The number of benzene rings is 2. The molecule has 186 valence electrons. The Morgan fingerprint density at radius 1 is 1.03 bits per heavy atom. The topological polar surface area (TPSA) is 36.2 Å². The van der Waals surface area contributed by atoms with E-state index < -0.39 is 0 Å². The molecule has 5 nitrogen and oxygen atoms in total. The number of carbonyl (C=O) groups excluding carboxylic acids is 1. The van der Waals surface area contributed by atoms with Crippen molar-refractivity contribution >= 4 is 52.8 Å². The third kappa shape index (κ3) is 7.58. The molecule has 0 aliphatic carbocycles. The standard InChI is InChI=1S/C29H38N4OS/c1-23(34)30-25-16-18-32(17-8-9-19-33(4,5)20-21-35)26(22-25)14-12-24-13-15-29(31(2)3)28-11-7-6-10-27(24)28/h6-7,10-16,18,22H,8-9,17,19-21H2,1-5H3/p+2/b14-12+. The van der Waals surface area contributed by atoms with Gasteiger partial charge in [-0.05, 0) is 23.1 Å². The molecule has 6 heteroatoms. The number of hydrogen-bond acceptors (Lipinski definition) is 3. The highest BCUT2D eigenvalue weighted by atomic mass is 32.1. The summed E-state index contributed by atoms with van der Waals surface area (Å²) in [5.41, 5.74) is 4.27. The lowest BCUT2D eigenvalue weighted by atomic mass is 10.0. The van der Waals surface area contributed by atoms with Crippen LogP contribution in [-0.4, -0.2) is 57.4 Å². The first-order chi connectivity index (χ1) is 16.7. The van der Waals surface area contributed by atoms with Crippen LogP contribution in [0.15, 0.2) is 54.7 Å². The van der Waals surface area contributed by atoms with Gasteiger partial charge in [0, 0.05) is 68.9 Å². The van der Waals surface area contributed by atoms with Crippen LogP contribution in [0.2, 0.25) is 0 Å². The van der Waals surface area contributed by atoms with E-state index in [4.69, 9.17) is 0 Å². The van der Waals surface area contributed by atoms with Gasteiger partial charge < -0.3 is 14.7 Å². The van der Waals surface area contributed by atoms with E-state index >= 15 is 0 Å². The average Bonchev–Trinajstić information content (AvgIpc) is 2.80. The van der Waals surface area contributed by atoms with Gasteiger partial charge in [-0.2, -0.15) is 17.2 Å². The van der Waals surface area contributed by atoms with Gasteiger partial charge in [-0.15, -0.1) is 0 Å². The molecule has 0 fully saturated rings. The predicted octanol–water partition coefficient (Wildman–Crippen LogP) is 5.11. The molecule has 0 aliphatic rings. The quantitative estimate of drug-likeness (QED) is 0.169. The SMILES string of the molecule is CC(=O)Nc1cc[n+](CCCC[N+](C)(C)CCS)c(/C=C/c2ccc(N(C)C)c3ccccc23)c1. The molecule has 2 aromatic carbocycles. The summed E-state index contributed by atoms with van der Waals surface area (Å²) in [5, 5.41) is 5.38. The molecule has 0 saturated carbocycles. The van der Waals surface area contributed by atoms with Crippen LogP contribution in [0.5, 0.6) is 0 Å². The van der Waals surface area contributed by atoms with Gasteiger partial charge in [0.2, 0.25) is 11.6 Å². The Kier molecular flexibility index (Phi) is 9.35. The molecule has 1 aromatic heterocycles. The van der Waals surface area contributed by atoms with Crippen molar-refractivity contribution in [2.45, 2.75) is 26.3 Å². The predicted molar refractivity (Wildman–Crippen MR) is 153 cm³/mol. The number of hydrogen-bond donors (Lipinski definition) is 2. The Morgan fingerprint density at radius 2 is 1.77 bits per heavy atom. The Labute approximate surface area is 216 Å². The molecule has 35 heavy (non-hydrogen) atoms. The lowest BCUT2D eigenvalue weighted by Gasteiger charge is -2.28. The zero-order chi connectivity index (χ0) is 25.4. The van der Waals surface area contributed by atoms with Crippen molar-refractivity contribution < 1.29 is 13.8 Å². The molecule has 0 radical (unpaired) electrons. The summed E-state index contributed by atoms with van der Waals surface area (Å²) >= 11 is 4.39. The molecule has 0 aliphatic heterocycles. The molecule has 0 atom stereocenters. The maximum absolute atomic E-state index is 11.6. The van der Waals surface area contributed by atoms with Gasteiger partial charge in [0.15, 0.2) is 6.20 Å². The Bertz CT molecular complexity index is 1190. The molecule has 3 rings (SSSR count). The van der Waals surface area contributed by atoms with E-state index in [2.05, 4.69) is 116 Å². The molecule has 1 amide bonds. The number of fused-ring (bicyclic) bond motifs is 1. The number of amides is 1. The van der Waals surface area contributed by atoms with Crippen molar-refractivity contribution in [1.82, 2.24) is 0 Å². The molecule has 0 bridgehead atoms. The van der Waals surface area contributed by atoms with Crippen LogP contribution in [0, 0.1) is 0 Å². The van der Waals surface area contributed by atoms with Gasteiger partial charge >= 0.3 is 0 Å². The molecular weight excluding hydrogens is 452 g/mol. The molecule has 1 heterocycles. The summed E-state index contributed by atoms with van der Waals surface area (Å²) in [6.45, 7) is 4.69. The van der Waals surface area contributed by atoms with E-state index in [0.717, 1.165) is 54.1 Å². The van der Waals surface area contributed by atoms with Gasteiger partial charge in [0.25, 0.3) is 0 Å². The average molecular weight is 493 g/mol. The smallest absolute Gasteiger partial charge is 0.221 e. The zero-order valence-electron chi connectivity index (χ0n) is 21.8. The normalized spacial score (nSPS) is 11.8. The fourth-order valence-electron chi connectivity index (χ4n) is 4.40. The van der Waals surface area contributed by atoms with Crippen molar-refractivity contribution in [2.24, 2.45) is 0 Å². The van der Waals surface area contributed by atoms with Gasteiger partial charge in [0.05, 0.1) is 32.9 Å². The number of nitrogens with one attached hydrogen (secondary N) is 1. The highest BCUT2D eigenvalue weighted by Gasteiger charge is 2.15. The Morgan fingerprint density at radius 3 is 2.46 bits per heavy atom. The molecular formula is C29H40N4OS+2. The van der Waals surface area contributed by atoms with Gasteiger partial charge in [-0.25, -0.2) is 0 Å². The number of nitrogens with zero attached hydrogens (tertiary/aromatic N) is 3. The second-order valence-electron chi connectivity index (χ2n) is 9.98.